The fourth-order valence-electron chi connectivity index (χ4n) is 2.60. The number of H-pyrrole nitrogens is 1. The third-order valence-electron chi connectivity index (χ3n) is 3.69. The Bertz CT molecular complexity index is 571. The lowest BCUT2D eigenvalue weighted by atomic mass is 10.1. The number of hydrogen-bond acceptors (Lipinski definition) is 3. The monoisotopic (exact) mass is 257 g/mol. The Morgan fingerprint density at radius 2 is 2.26 bits per heavy atom. The molecule has 1 unspecified atom stereocenters. The van der Waals surface area contributed by atoms with Gasteiger partial charge in [-0.1, -0.05) is 11.6 Å². The maximum Gasteiger partial charge on any atom is 0.128 e. The molecule has 4 nitrogen and oxygen atoms in total. The number of aromatic amines is 1. The molecule has 1 aliphatic rings. The second kappa shape index (κ2) is 5.05. The van der Waals surface area contributed by atoms with E-state index in [1.165, 1.54) is 5.56 Å². The smallest absolute Gasteiger partial charge is 0.128 e. The second-order valence-corrected chi connectivity index (χ2v) is 5.08. The number of aryl methyl sites for hydroxylation is 1. The van der Waals surface area contributed by atoms with Gasteiger partial charge in [0.2, 0.25) is 0 Å². The van der Waals surface area contributed by atoms with Crippen molar-refractivity contribution in [3.63, 3.8) is 0 Å². The number of aromatic nitrogens is 2. The van der Waals surface area contributed by atoms with Gasteiger partial charge in [-0.05, 0) is 32.0 Å². The van der Waals surface area contributed by atoms with Crippen molar-refractivity contribution in [2.45, 2.75) is 19.3 Å². The minimum absolute atomic E-state index is 0.504. The Morgan fingerprint density at radius 3 is 3.00 bits per heavy atom. The SMILES string of the molecule is COc1ccc(C)cc1-c1cnc(C2CCNC2)[nH]1. The maximum absolute atomic E-state index is 5.43. The van der Waals surface area contributed by atoms with Crippen molar-refractivity contribution in [2.75, 3.05) is 20.2 Å². The van der Waals surface area contributed by atoms with Crippen molar-refractivity contribution in [2.24, 2.45) is 0 Å². The van der Waals surface area contributed by atoms with Crippen LogP contribution in [0.15, 0.2) is 24.4 Å². The molecule has 0 bridgehead atoms. The molecule has 0 amide bonds. The molecule has 100 valence electrons. The first kappa shape index (κ1) is 12.2. The van der Waals surface area contributed by atoms with E-state index in [9.17, 15) is 0 Å². The summed E-state index contributed by atoms with van der Waals surface area (Å²) in [6.45, 7) is 4.17. The molecule has 1 saturated heterocycles. The van der Waals surface area contributed by atoms with Crippen molar-refractivity contribution >= 4 is 0 Å². The van der Waals surface area contributed by atoms with E-state index in [0.29, 0.717) is 5.92 Å². The number of benzene rings is 1. The van der Waals surface area contributed by atoms with Crippen LogP contribution < -0.4 is 10.1 Å². The molecular formula is C15H19N3O. The summed E-state index contributed by atoms with van der Waals surface area (Å²) in [5.41, 5.74) is 3.32. The quantitative estimate of drug-likeness (QED) is 0.888. The van der Waals surface area contributed by atoms with Gasteiger partial charge in [-0.15, -0.1) is 0 Å². The first-order chi connectivity index (χ1) is 9.28. The van der Waals surface area contributed by atoms with Crippen LogP contribution in [0.3, 0.4) is 0 Å². The number of hydrogen-bond donors (Lipinski definition) is 2. The van der Waals surface area contributed by atoms with Gasteiger partial charge in [0, 0.05) is 18.0 Å². The molecule has 1 atom stereocenters. The molecule has 2 N–H and O–H groups in total. The molecule has 1 fully saturated rings. The van der Waals surface area contributed by atoms with Crippen molar-refractivity contribution in [3.8, 4) is 17.0 Å². The predicted octanol–water partition coefficient (Wildman–Crippen LogP) is 2.47. The van der Waals surface area contributed by atoms with Gasteiger partial charge < -0.3 is 15.0 Å². The van der Waals surface area contributed by atoms with Crippen molar-refractivity contribution in [3.05, 3.63) is 35.8 Å². The van der Waals surface area contributed by atoms with E-state index in [1.807, 2.05) is 12.3 Å². The lowest BCUT2D eigenvalue weighted by Crippen LogP contribution is -2.08. The summed E-state index contributed by atoms with van der Waals surface area (Å²) < 4.78 is 5.43. The molecular weight excluding hydrogens is 238 g/mol. The van der Waals surface area contributed by atoms with Crippen LogP contribution in [0.25, 0.3) is 11.3 Å². The molecule has 1 aliphatic heterocycles. The third kappa shape index (κ3) is 2.36. The highest BCUT2D eigenvalue weighted by Crippen LogP contribution is 2.31. The second-order valence-electron chi connectivity index (χ2n) is 5.08. The van der Waals surface area contributed by atoms with Gasteiger partial charge >= 0.3 is 0 Å². The van der Waals surface area contributed by atoms with Gasteiger partial charge in [0.15, 0.2) is 0 Å². The lowest BCUT2D eigenvalue weighted by Gasteiger charge is -2.08. The average Bonchev–Trinajstić information content (AvgIpc) is 3.09. The van der Waals surface area contributed by atoms with E-state index in [0.717, 1.165) is 42.3 Å². The Kier molecular flexibility index (Phi) is 3.25. The van der Waals surface area contributed by atoms with Crippen LogP contribution in [0.1, 0.15) is 23.7 Å². The zero-order valence-electron chi connectivity index (χ0n) is 11.4. The highest BCUT2D eigenvalue weighted by Gasteiger charge is 2.20. The summed E-state index contributed by atoms with van der Waals surface area (Å²) in [5.74, 6) is 2.46. The summed E-state index contributed by atoms with van der Waals surface area (Å²) in [6.07, 6.45) is 3.06. The van der Waals surface area contributed by atoms with E-state index < -0.39 is 0 Å². The van der Waals surface area contributed by atoms with Crippen LogP contribution in [-0.4, -0.2) is 30.2 Å². The van der Waals surface area contributed by atoms with E-state index >= 15 is 0 Å². The van der Waals surface area contributed by atoms with Crippen molar-refractivity contribution in [1.82, 2.24) is 15.3 Å². The van der Waals surface area contributed by atoms with E-state index in [2.05, 4.69) is 34.3 Å². The number of nitrogens with one attached hydrogen (secondary N) is 2. The van der Waals surface area contributed by atoms with Crippen LogP contribution in [-0.2, 0) is 0 Å². The largest absolute Gasteiger partial charge is 0.496 e. The molecule has 0 saturated carbocycles. The van der Waals surface area contributed by atoms with Gasteiger partial charge in [-0.2, -0.15) is 0 Å². The minimum Gasteiger partial charge on any atom is -0.496 e. The zero-order chi connectivity index (χ0) is 13.2. The molecule has 1 aromatic heterocycles. The van der Waals surface area contributed by atoms with Crippen LogP contribution in [0.5, 0.6) is 5.75 Å². The molecule has 0 spiro atoms. The van der Waals surface area contributed by atoms with Crippen LogP contribution in [0.4, 0.5) is 0 Å². The van der Waals surface area contributed by atoms with Gasteiger partial charge in [0.05, 0.1) is 19.0 Å². The first-order valence-corrected chi connectivity index (χ1v) is 6.68. The Labute approximate surface area is 113 Å². The molecule has 1 aromatic carbocycles. The topological polar surface area (TPSA) is 49.9 Å². The summed E-state index contributed by atoms with van der Waals surface area (Å²) in [5, 5.41) is 3.37. The van der Waals surface area contributed by atoms with Crippen LogP contribution in [0.2, 0.25) is 0 Å². The molecule has 2 aromatic rings. The minimum atomic E-state index is 0.504. The maximum atomic E-state index is 5.43. The number of rotatable bonds is 3. The lowest BCUT2D eigenvalue weighted by molar-refractivity contribution is 0.416. The van der Waals surface area contributed by atoms with Crippen molar-refractivity contribution in [1.29, 1.82) is 0 Å². The fourth-order valence-corrected chi connectivity index (χ4v) is 2.60. The average molecular weight is 257 g/mol. The zero-order valence-corrected chi connectivity index (χ0v) is 11.4. The number of imidazole rings is 1. The van der Waals surface area contributed by atoms with Crippen LogP contribution >= 0.6 is 0 Å². The Balaban J connectivity index is 1.95. The summed E-state index contributed by atoms with van der Waals surface area (Å²) in [4.78, 5) is 7.97. The molecule has 2 heterocycles. The summed E-state index contributed by atoms with van der Waals surface area (Å²) in [6, 6.07) is 6.19. The standard InChI is InChI=1S/C15H19N3O/c1-10-3-4-14(19-2)12(7-10)13-9-17-15(18-13)11-5-6-16-8-11/h3-4,7,9,11,16H,5-6,8H2,1-2H3,(H,17,18). The van der Waals surface area contributed by atoms with Gasteiger partial charge in [-0.25, -0.2) is 4.98 Å². The predicted molar refractivity (Wildman–Crippen MR) is 75.5 cm³/mol. The van der Waals surface area contributed by atoms with E-state index in [1.54, 1.807) is 7.11 Å². The molecule has 3 rings (SSSR count). The van der Waals surface area contributed by atoms with Crippen LogP contribution in [0, 0.1) is 6.92 Å². The molecule has 4 heteroatoms. The Hall–Kier alpha value is -1.81. The van der Waals surface area contributed by atoms with Gasteiger partial charge in [-0.3, -0.25) is 0 Å². The molecule has 19 heavy (non-hydrogen) atoms. The number of nitrogens with zero attached hydrogens (tertiary/aromatic N) is 1. The van der Waals surface area contributed by atoms with Gasteiger partial charge in [0.25, 0.3) is 0 Å². The van der Waals surface area contributed by atoms with E-state index in [4.69, 9.17) is 4.74 Å². The highest BCUT2D eigenvalue weighted by atomic mass is 16.5. The highest BCUT2D eigenvalue weighted by molar-refractivity contribution is 5.67. The normalized spacial score (nSPS) is 18.7. The van der Waals surface area contributed by atoms with Gasteiger partial charge in [0.1, 0.15) is 11.6 Å². The number of methoxy groups -OCH3 is 1. The third-order valence-corrected chi connectivity index (χ3v) is 3.69. The summed E-state index contributed by atoms with van der Waals surface area (Å²) in [7, 11) is 1.70. The summed E-state index contributed by atoms with van der Waals surface area (Å²) >= 11 is 0. The van der Waals surface area contributed by atoms with E-state index in [-0.39, 0.29) is 0 Å². The Morgan fingerprint density at radius 1 is 1.37 bits per heavy atom. The first-order valence-electron chi connectivity index (χ1n) is 6.68. The molecule has 0 aliphatic carbocycles. The molecule has 0 radical (unpaired) electrons. The number of ether oxygens (including phenoxy) is 1. The fraction of sp³-hybridized carbons (Fsp3) is 0.400. The van der Waals surface area contributed by atoms with Crippen molar-refractivity contribution < 1.29 is 4.74 Å².